The van der Waals surface area contributed by atoms with Crippen molar-refractivity contribution >= 4 is 23.9 Å². The molecule has 0 aliphatic carbocycles. The Bertz CT molecular complexity index is 580. The van der Waals surface area contributed by atoms with Crippen molar-refractivity contribution < 1.29 is 38.1 Å². The van der Waals surface area contributed by atoms with Crippen molar-refractivity contribution in [3.63, 3.8) is 0 Å². The lowest BCUT2D eigenvalue weighted by Gasteiger charge is -2.13. The summed E-state index contributed by atoms with van der Waals surface area (Å²) >= 11 is 0. The van der Waals surface area contributed by atoms with Crippen LogP contribution >= 0.6 is 0 Å². The van der Waals surface area contributed by atoms with E-state index < -0.39 is 35.0 Å². The van der Waals surface area contributed by atoms with Gasteiger partial charge in [0.1, 0.15) is 0 Å². The smallest absolute Gasteiger partial charge is 0.339 e. The topological polar surface area (TPSA) is 105 Å². The van der Waals surface area contributed by atoms with Gasteiger partial charge < -0.3 is 18.9 Å². The Morgan fingerprint density at radius 3 is 0.893 bits per heavy atom. The Kier molecular flexibility index (Phi) is 18.7. The van der Waals surface area contributed by atoms with Gasteiger partial charge >= 0.3 is 23.9 Å². The first-order valence-corrected chi connectivity index (χ1v) is 8.93. The van der Waals surface area contributed by atoms with E-state index in [9.17, 15) is 19.2 Å². The molecule has 0 amide bonds. The molecule has 0 atom stereocenters. The van der Waals surface area contributed by atoms with E-state index in [0.29, 0.717) is 0 Å². The van der Waals surface area contributed by atoms with Crippen LogP contribution in [-0.4, -0.2) is 52.3 Å². The fraction of sp³-hybridized carbons (Fsp3) is 0.500. The van der Waals surface area contributed by atoms with Crippen molar-refractivity contribution in [2.45, 2.75) is 41.5 Å². The average Bonchev–Trinajstić information content (AvgIpc) is 2.79. The average molecular weight is 400 g/mol. The highest BCUT2D eigenvalue weighted by Gasteiger charge is 2.31. The molecule has 0 fully saturated rings. The highest BCUT2D eigenvalue weighted by Crippen LogP contribution is 2.23. The van der Waals surface area contributed by atoms with Gasteiger partial charge in [0.25, 0.3) is 0 Å². The lowest BCUT2D eigenvalue weighted by molar-refractivity contribution is 0.0521. The normalized spacial score (nSPS) is 8.21. The minimum atomic E-state index is -0.994. The first-order chi connectivity index (χ1) is 13.4. The van der Waals surface area contributed by atoms with Crippen molar-refractivity contribution in [2.24, 2.45) is 0 Å². The molecular weight excluding hydrogens is 368 g/mol. The molecule has 8 nitrogen and oxygen atoms in total. The number of benzene rings is 1. The van der Waals surface area contributed by atoms with Gasteiger partial charge in [-0.25, -0.2) is 19.2 Å². The Hall–Kier alpha value is -2.90. The number of ether oxygens (including phenoxy) is 4. The third-order valence-corrected chi connectivity index (χ3v) is 2.79. The number of carbonyl (C=O) groups excluding carboxylic acids is 4. The van der Waals surface area contributed by atoms with Crippen LogP contribution in [-0.2, 0) is 18.9 Å². The van der Waals surface area contributed by atoms with Crippen molar-refractivity contribution in [1.82, 2.24) is 0 Å². The fourth-order valence-electron chi connectivity index (χ4n) is 1.79. The molecule has 1 aromatic rings. The summed E-state index contributed by atoms with van der Waals surface area (Å²) in [7, 11) is 4.34. The van der Waals surface area contributed by atoms with E-state index in [4.69, 9.17) is 0 Å². The molecule has 1 rings (SSSR count). The van der Waals surface area contributed by atoms with Gasteiger partial charge in [0.2, 0.25) is 0 Å². The molecule has 8 heteroatoms. The third-order valence-electron chi connectivity index (χ3n) is 2.79. The largest absolute Gasteiger partial charge is 0.465 e. The quantitative estimate of drug-likeness (QED) is 0.553. The molecule has 0 radical (unpaired) electrons. The molecule has 1 aromatic carbocycles. The summed E-state index contributed by atoms with van der Waals surface area (Å²) in [5.41, 5.74) is -1.32. The third kappa shape index (κ3) is 7.77. The SMILES string of the molecule is CC.CC.CC.COC(=O)c1ccc(C(=O)OC)c(C(=O)OC)c1C(=O)OC. The first-order valence-electron chi connectivity index (χ1n) is 8.93. The fourth-order valence-corrected chi connectivity index (χ4v) is 1.79. The lowest BCUT2D eigenvalue weighted by atomic mass is 9.95. The molecular formula is C20H32O8. The number of hydrogen-bond donors (Lipinski definition) is 0. The summed E-state index contributed by atoms with van der Waals surface area (Å²) in [5, 5.41) is 0. The van der Waals surface area contributed by atoms with Gasteiger partial charge in [-0.05, 0) is 12.1 Å². The molecule has 0 N–H and O–H groups in total. The second-order valence-electron chi connectivity index (χ2n) is 3.88. The molecule has 0 spiro atoms. The molecule has 0 heterocycles. The number of esters is 4. The Morgan fingerprint density at radius 2 is 0.714 bits per heavy atom. The van der Waals surface area contributed by atoms with Crippen molar-refractivity contribution in [2.75, 3.05) is 28.4 Å². The monoisotopic (exact) mass is 400 g/mol. The lowest BCUT2D eigenvalue weighted by Crippen LogP contribution is -2.22. The summed E-state index contributed by atoms with van der Waals surface area (Å²) in [4.78, 5) is 47.5. The minimum absolute atomic E-state index is 0.234. The van der Waals surface area contributed by atoms with Crippen LogP contribution in [0.3, 0.4) is 0 Å². The van der Waals surface area contributed by atoms with Gasteiger partial charge in [0, 0.05) is 0 Å². The molecule has 0 bridgehead atoms. The summed E-state index contributed by atoms with van der Waals surface area (Å²) in [6.07, 6.45) is 0. The van der Waals surface area contributed by atoms with E-state index in [1.165, 1.54) is 0 Å². The molecule has 0 saturated carbocycles. The van der Waals surface area contributed by atoms with Crippen LogP contribution in [0, 0.1) is 0 Å². The summed E-state index contributed by atoms with van der Waals surface area (Å²) in [6, 6.07) is 2.33. The summed E-state index contributed by atoms with van der Waals surface area (Å²) in [6.45, 7) is 12.0. The number of methoxy groups -OCH3 is 4. The van der Waals surface area contributed by atoms with Crippen LogP contribution in [0.15, 0.2) is 12.1 Å². The van der Waals surface area contributed by atoms with Crippen molar-refractivity contribution in [3.8, 4) is 0 Å². The Morgan fingerprint density at radius 1 is 0.500 bits per heavy atom. The van der Waals surface area contributed by atoms with E-state index in [1.54, 1.807) is 0 Å². The predicted octanol–water partition coefficient (Wildman–Crippen LogP) is 3.91. The maximum Gasteiger partial charge on any atom is 0.339 e. The van der Waals surface area contributed by atoms with Crippen LogP contribution < -0.4 is 0 Å². The highest BCUT2D eigenvalue weighted by atomic mass is 16.5. The number of hydrogen-bond acceptors (Lipinski definition) is 8. The van der Waals surface area contributed by atoms with Gasteiger partial charge in [-0.3, -0.25) is 0 Å². The molecule has 0 unspecified atom stereocenters. The predicted molar refractivity (Wildman–Crippen MR) is 106 cm³/mol. The molecule has 0 aliphatic heterocycles. The van der Waals surface area contributed by atoms with Crippen LogP contribution in [0.4, 0.5) is 0 Å². The zero-order valence-electron chi connectivity index (χ0n) is 18.4. The summed E-state index contributed by atoms with van der Waals surface area (Å²) < 4.78 is 18.2. The second kappa shape index (κ2) is 17.5. The van der Waals surface area contributed by atoms with Crippen LogP contribution in [0.25, 0.3) is 0 Å². The molecule has 0 aliphatic rings. The zero-order chi connectivity index (χ0) is 22.9. The number of rotatable bonds is 4. The Labute approximate surface area is 167 Å². The van der Waals surface area contributed by atoms with Gasteiger partial charge in [0.15, 0.2) is 0 Å². The zero-order valence-corrected chi connectivity index (χ0v) is 18.4. The number of carbonyl (C=O) groups is 4. The van der Waals surface area contributed by atoms with E-state index >= 15 is 0 Å². The van der Waals surface area contributed by atoms with Crippen molar-refractivity contribution in [1.29, 1.82) is 0 Å². The maximum absolute atomic E-state index is 12.0. The standard InChI is InChI=1S/C14H14O8.3C2H6/c1-19-11(15)7-5-6-8(12(16)20-2)10(14(18)22-4)9(7)13(17)21-3;3*1-2/h5-6H,1-4H3;3*1-2H3. The minimum Gasteiger partial charge on any atom is -0.465 e. The molecule has 28 heavy (non-hydrogen) atoms. The molecule has 0 saturated heterocycles. The molecule has 0 aromatic heterocycles. The highest BCUT2D eigenvalue weighted by molar-refractivity contribution is 6.15. The second-order valence-corrected chi connectivity index (χ2v) is 3.88. The maximum atomic E-state index is 12.0. The van der Waals surface area contributed by atoms with Crippen molar-refractivity contribution in [3.05, 3.63) is 34.4 Å². The van der Waals surface area contributed by atoms with E-state index in [0.717, 1.165) is 40.6 Å². The van der Waals surface area contributed by atoms with Crippen LogP contribution in [0.1, 0.15) is 83.0 Å². The van der Waals surface area contributed by atoms with Crippen LogP contribution in [0.2, 0.25) is 0 Å². The molecule has 160 valence electrons. The van der Waals surface area contributed by atoms with Gasteiger partial charge in [-0.2, -0.15) is 0 Å². The van der Waals surface area contributed by atoms with E-state index in [-0.39, 0.29) is 11.1 Å². The summed E-state index contributed by atoms with van der Waals surface area (Å²) in [5.74, 6) is -3.73. The Balaban J connectivity index is -0.000000946. The van der Waals surface area contributed by atoms with Crippen LogP contribution in [0.5, 0.6) is 0 Å². The van der Waals surface area contributed by atoms with Gasteiger partial charge in [-0.1, -0.05) is 41.5 Å². The van der Waals surface area contributed by atoms with E-state index in [2.05, 4.69) is 18.9 Å². The van der Waals surface area contributed by atoms with E-state index in [1.807, 2.05) is 41.5 Å². The van der Waals surface area contributed by atoms with Gasteiger partial charge in [-0.15, -0.1) is 0 Å². The van der Waals surface area contributed by atoms with Gasteiger partial charge in [0.05, 0.1) is 50.7 Å². The first kappa shape index (κ1) is 29.8.